The Labute approximate surface area is 64.3 Å². The fraction of sp³-hybridized carbons (Fsp3) is 0.714. The third-order valence-corrected chi connectivity index (χ3v) is 1.64. The maximum Gasteiger partial charge on any atom is 0.334 e. The molecule has 0 aromatic carbocycles. The van der Waals surface area contributed by atoms with E-state index in [2.05, 4.69) is 4.99 Å². The van der Waals surface area contributed by atoms with Crippen molar-refractivity contribution in [3.63, 3.8) is 0 Å². The maximum absolute atomic E-state index is 11.0. The molecule has 0 atom stereocenters. The Kier molecular flexibility index (Phi) is 2.06. The molecule has 11 heavy (non-hydrogen) atoms. The van der Waals surface area contributed by atoms with Gasteiger partial charge < -0.3 is 4.74 Å². The summed E-state index contributed by atoms with van der Waals surface area (Å²) in [6.07, 6.45) is 2.61. The molecule has 0 unspecified atom stereocenters. The van der Waals surface area contributed by atoms with E-state index in [9.17, 15) is 9.59 Å². The van der Waals surface area contributed by atoms with Crippen LogP contribution >= 0.6 is 0 Å². The molecule has 60 valence electrons. The predicted octanol–water partition coefficient (Wildman–Crippen LogP) is 0.418. The molecule has 0 saturated heterocycles. The average molecular weight is 155 g/mol. The molecule has 1 rings (SSSR count). The number of hydrogen-bond donors (Lipinski definition) is 0. The number of nitrogens with zero attached hydrogens (tertiary/aromatic N) is 1. The summed E-state index contributed by atoms with van der Waals surface area (Å²) >= 11 is 0. The van der Waals surface area contributed by atoms with Crippen molar-refractivity contribution in [2.45, 2.75) is 25.3 Å². The van der Waals surface area contributed by atoms with E-state index in [4.69, 9.17) is 4.74 Å². The highest BCUT2D eigenvalue weighted by molar-refractivity contribution is 5.85. The van der Waals surface area contributed by atoms with Gasteiger partial charge in [-0.2, -0.15) is 4.99 Å². The van der Waals surface area contributed by atoms with Crippen molar-refractivity contribution in [1.82, 2.24) is 0 Å². The van der Waals surface area contributed by atoms with Crippen LogP contribution in [0, 0.1) is 0 Å². The third kappa shape index (κ3) is 1.46. The highest BCUT2D eigenvalue weighted by Crippen LogP contribution is 2.40. The van der Waals surface area contributed by atoms with E-state index >= 15 is 0 Å². The van der Waals surface area contributed by atoms with Gasteiger partial charge in [0, 0.05) is 0 Å². The smallest absolute Gasteiger partial charge is 0.334 e. The molecule has 0 aromatic heterocycles. The SMILES string of the molecule is CCOC(=O)C1(N=C=O)CC1. The molecule has 1 aliphatic carbocycles. The van der Waals surface area contributed by atoms with E-state index < -0.39 is 11.5 Å². The summed E-state index contributed by atoms with van der Waals surface area (Å²) < 4.78 is 4.71. The lowest BCUT2D eigenvalue weighted by atomic mass is 10.3. The number of aliphatic imine (C=N–C) groups is 1. The second kappa shape index (κ2) is 2.84. The Hall–Kier alpha value is -1.15. The lowest BCUT2D eigenvalue weighted by molar-refractivity contribution is -0.145. The van der Waals surface area contributed by atoms with Gasteiger partial charge in [-0.05, 0) is 19.8 Å². The van der Waals surface area contributed by atoms with Gasteiger partial charge in [0.1, 0.15) is 0 Å². The van der Waals surface area contributed by atoms with Crippen molar-refractivity contribution in [2.24, 2.45) is 4.99 Å². The first kappa shape index (κ1) is 7.95. The lowest BCUT2D eigenvalue weighted by Gasteiger charge is -2.04. The summed E-state index contributed by atoms with van der Waals surface area (Å²) in [6.45, 7) is 2.05. The van der Waals surface area contributed by atoms with Gasteiger partial charge in [0.05, 0.1) is 6.61 Å². The summed E-state index contributed by atoms with van der Waals surface area (Å²) in [5, 5.41) is 0. The minimum atomic E-state index is -0.849. The van der Waals surface area contributed by atoms with Crippen molar-refractivity contribution in [1.29, 1.82) is 0 Å². The van der Waals surface area contributed by atoms with E-state index in [1.807, 2.05) is 0 Å². The highest BCUT2D eigenvalue weighted by Gasteiger charge is 2.52. The van der Waals surface area contributed by atoms with Gasteiger partial charge in [-0.15, -0.1) is 0 Å². The number of esters is 1. The van der Waals surface area contributed by atoms with Gasteiger partial charge in [-0.3, -0.25) is 0 Å². The van der Waals surface area contributed by atoms with Crippen molar-refractivity contribution >= 4 is 12.0 Å². The molecule has 0 heterocycles. The van der Waals surface area contributed by atoms with E-state index in [1.54, 1.807) is 6.92 Å². The Morgan fingerprint density at radius 3 is 2.73 bits per heavy atom. The molecule has 1 saturated carbocycles. The molecule has 0 aliphatic heterocycles. The molecule has 0 amide bonds. The van der Waals surface area contributed by atoms with Gasteiger partial charge in [0.25, 0.3) is 0 Å². The normalized spacial score (nSPS) is 18.3. The number of hydrogen-bond acceptors (Lipinski definition) is 4. The van der Waals surface area contributed by atoms with Gasteiger partial charge in [0.2, 0.25) is 6.08 Å². The van der Waals surface area contributed by atoms with Gasteiger partial charge in [-0.25, -0.2) is 9.59 Å². The summed E-state index contributed by atoms with van der Waals surface area (Å²) in [5.41, 5.74) is -0.849. The molecular formula is C7H9NO3. The number of rotatable bonds is 3. The fourth-order valence-corrected chi connectivity index (χ4v) is 0.833. The molecule has 0 radical (unpaired) electrons. The molecule has 0 aromatic rings. The first-order valence-corrected chi connectivity index (χ1v) is 3.51. The van der Waals surface area contributed by atoms with E-state index in [0.717, 1.165) is 0 Å². The Morgan fingerprint density at radius 1 is 1.73 bits per heavy atom. The molecule has 1 fully saturated rings. The third-order valence-electron chi connectivity index (χ3n) is 1.64. The molecule has 0 spiro atoms. The van der Waals surface area contributed by atoms with Crippen molar-refractivity contribution in [3.8, 4) is 0 Å². The van der Waals surface area contributed by atoms with Gasteiger partial charge in [-0.1, -0.05) is 0 Å². The van der Waals surface area contributed by atoms with Crippen molar-refractivity contribution in [3.05, 3.63) is 0 Å². The molecular weight excluding hydrogens is 146 g/mol. The number of carbonyl (C=O) groups excluding carboxylic acids is 2. The number of isocyanates is 1. The molecule has 4 nitrogen and oxygen atoms in total. The summed E-state index contributed by atoms with van der Waals surface area (Å²) in [5.74, 6) is -0.400. The zero-order valence-corrected chi connectivity index (χ0v) is 6.29. The minimum absolute atomic E-state index is 0.328. The topological polar surface area (TPSA) is 55.7 Å². The maximum atomic E-state index is 11.0. The van der Waals surface area contributed by atoms with E-state index in [-0.39, 0.29) is 0 Å². The molecule has 0 N–H and O–H groups in total. The van der Waals surface area contributed by atoms with Crippen molar-refractivity contribution in [2.75, 3.05) is 6.61 Å². The van der Waals surface area contributed by atoms with E-state index in [0.29, 0.717) is 19.4 Å². The first-order chi connectivity index (χ1) is 5.25. The van der Waals surface area contributed by atoms with Crippen LogP contribution in [-0.4, -0.2) is 24.2 Å². The standard InChI is InChI=1S/C7H9NO3/c1-2-11-6(10)7(3-4-7)8-5-9/h2-4H2,1H3. The second-order valence-electron chi connectivity index (χ2n) is 2.46. The number of ether oxygens (including phenoxy) is 1. The Balaban J connectivity index is 2.58. The Bertz CT molecular complexity index is 214. The van der Waals surface area contributed by atoms with Crippen LogP contribution in [0.4, 0.5) is 0 Å². The van der Waals surface area contributed by atoms with Crippen LogP contribution in [0.15, 0.2) is 4.99 Å². The summed E-state index contributed by atoms with van der Waals surface area (Å²) in [6, 6.07) is 0. The monoisotopic (exact) mass is 155 g/mol. The Morgan fingerprint density at radius 2 is 2.36 bits per heavy atom. The predicted molar refractivity (Wildman–Crippen MR) is 36.7 cm³/mol. The van der Waals surface area contributed by atoms with E-state index in [1.165, 1.54) is 6.08 Å². The molecule has 1 aliphatic rings. The summed E-state index contributed by atoms with van der Waals surface area (Å²) in [4.78, 5) is 24.3. The van der Waals surface area contributed by atoms with Crippen molar-refractivity contribution < 1.29 is 14.3 Å². The lowest BCUT2D eigenvalue weighted by Crippen LogP contribution is -2.22. The average Bonchev–Trinajstić information content (AvgIpc) is 2.71. The van der Waals surface area contributed by atoms with Crippen LogP contribution in [0.2, 0.25) is 0 Å². The van der Waals surface area contributed by atoms with Crippen LogP contribution in [0.3, 0.4) is 0 Å². The van der Waals surface area contributed by atoms with Crippen LogP contribution in [-0.2, 0) is 14.3 Å². The number of carbonyl (C=O) groups is 1. The van der Waals surface area contributed by atoms with Crippen LogP contribution in [0.1, 0.15) is 19.8 Å². The highest BCUT2D eigenvalue weighted by atomic mass is 16.5. The minimum Gasteiger partial charge on any atom is -0.464 e. The van der Waals surface area contributed by atoms with Gasteiger partial charge >= 0.3 is 5.97 Å². The fourth-order valence-electron chi connectivity index (χ4n) is 0.833. The summed E-state index contributed by atoms with van der Waals surface area (Å²) in [7, 11) is 0. The van der Waals surface area contributed by atoms with Crippen LogP contribution in [0.25, 0.3) is 0 Å². The van der Waals surface area contributed by atoms with Gasteiger partial charge in [0.15, 0.2) is 5.54 Å². The zero-order valence-electron chi connectivity index (χ0n) is 6.29. The quantitative estimate of drug-likeness (QED) is 0.337. The first-order valence-electron chi connectivity index (χ1n) is 3.51. The zero-order chi connectivity index (χ0) is 8.32. The second-order valence-corrected chi connectivity index (χ2v) is 2.46. The van der Waals surface area contributed by atoms with Crippen LogP contribution in [0.5, 0.6) is 0 Å². The largest absolute Gasteiger partial charge is 0.464 e. The molecule has 4 heteroatoms. The van der Waals surface area contributed by atoms with Crippen LogP contribution < -0.4 is 0 Å². The molecule has 0 bridgehead atoms.